The molecule has 0 saturated carbocycles. The first-order chi connectivity index (χ1) is 6.37. The molecule has 5 heteroatoms. The molecule has 0 radical (unpaired) electrons. The molecule has 0 saturated heterocycles. The lowest BCUT2D eigenvalue weighted by molar-refractivity contribution is -0.123. The van der Waals surface area contributed by atoms with Gasteiger partial charge in [-0.15, -0.1) is 0 Å². The number of carbonyl (C=O) groups excluding carboxylic acids is 2. The Morgan fingerprint density at radius 1 is 1.36 bits per heavy atom. The number of nitrogens with two attached hydrogens (primary N) is 1. The summed E-state index contributed by atoms with van der Waals surface area (Å²) in [7, 11) is 0. The van der Waals surface area contributed by atoms with E-state index in [9.17, 15) is 9.59 Å². The Morgan fingerprint density at radius 2 is 1.93 bits per heavy atom. The molecule has 0 aliphatic rings. The van der Waals surface area contributed by atoms with E-state index in [-0.39, 0.29) is 18.9 Å². The molecule has 0 bridgehead atoms. The van der Waals surface area contributed by atoms with Gasteiger partial charge in [-0.25, -0.2) is 0 Å². The SMILES string of the molecule is CCNCC(=O)NC(C)(C)CC(N)=O. The Morgan fingerprint density at radius 3 is 2.36 bits per heavy atom. The lowest BCUT2D eigenvalue weighted by Gasteiger charge is -2.24. The summed E-state index contributed by atoms with van der Waals surface area (Å²) in [6.07, 6.45) is 0.144. The van der Waals surface area contributed by atoms with Gasteiger partial charge in [0.15, 0.2) is 0 Å². The van der Waals surface area contributed by atoms with Crippen molar-refractivity contribution in [3.63, 3.8) is 0 Å². The summed E-state index contributed by atoms with van der Waals surface area (Å²) < 4.78 is 0. The maximum Gasteiger partial charge on any atom is 0.234 e. The fourth-order valence-electron chi connectivity index (χ4n) is 1.14. The van der Waals surface area contributed by atoms with Gasteiger partial charge in [-0.05, 0) is 20.4 Å². The number of primary amides is 1. The molecule has 0 spiro atoms. The van der Waals surface area contributed by atoms with Crippen LogP contribution in [-0.4, -0.2) is 30.4 Å². The fourth-order valence-corrected chi connectivity index (χ4v) is 1.14. The summed E-state index contributed by atoms with van der Waals surface area (Å²) in [5, 5.41) is 5.62. The maximum absolute atomic E-state index is 11.3. The Kier molecular flexibility index (Phi) is 5.15. The summed E-state index contributed by atoms with van der Waals surface area (Å²) in [6.45, 7) is 6.45. The molecular weight excluding hydrogens is 182 g/mol. The summed E-state index contributed by atoms with van der Waals surface area (Å²) in [5.74, 6) is -0.545. The van der Waals surface area contributed by atoms with E-state index in [0.29, 0.717) is 0 Å². The predicted octanol–water partition coefficient (Wildman–Crippen LogP) is -0.634. The van der Waals surface area contributed by atoms with Crippen LogP contribution in [-0.2, 0) is 9.59 Å². The normalized spacial score (nSPS) is 11.1. The fraction of sp³-hybridized carbons (Fsp3) is 0.778. The highest BCUT2D eigenvalue weighted by molar-refractivity contribution is 5.81. The highest BCUT2D eigenvalue weighted by atomic mass is 16.2. The van der Waals surface area contributed by atoms with E-state index in [1.165, 1.54) is 0 Å². The minimum atomic E-state index is -0.571. The number of carbonyl (C=O) groups is 2. The molecule has 0 aromatic carbocycles. The van der Waals surface area contributed by atoms with E-state index in [4.69, 9.17) is 5.73 Å². The molecule has 0 aromatic rings. The molecule has 0 fully saturated rings. The molecule has 82 valence electrons. The molecule has 5 nitrogen and oxygen atoms in total. The smallest absolute Gasteiger partial charge is 0.234 e. The van der Waals surface area contributed by atoms with Crippen LogP contribution in [0.3, 0.4) is 0 Å². The minimum Gasteiger partial charge on any atom is -0.370 e. The van der Waals surface area contributed by atoms with Crippen molar-refractivity contribution < 1.29 is 9.59 Å². The second-order valence-electron chi connectivity index (χ2n) is 3.86. The lowest BCUT2D eigenvalue weighted by Crippen LogP contribution is -2.48. The predicted molar refractivity (Wildman–Crippen MR) is 54.6 cm³/mol. The van der Waals surface area contributed by atoms with Crippen LogP contribution >= 0.6 is 0 Å². The third kappa shape index (κ3) is 6.42. The van der Waals surface area contributed by atoms with Gasteiger partial charge in [0.05, 0.1) is 6.54 Å². The number of rotatable bonds is 6. The standard InChI is InChI=1S/C9H19N3O2/c1-4-11-6-8(14)12-9(2,3)5-7(10)13/h11H,4-6H2,1-3H3,(H2,10,13)(H,12,14). The molecule has 2 amide bonds. The molecule has 0 aromatic heterocycles. The van der Waals surface area contributed by atoms with E-state index < -0.39 is 11.4 Å². The van der Waals surface area contributed by atoms with Gasteiger partial charge in [0.1, 0.15) is 0 Å². The van der Waals surface area contributed by atoms with Crippen LogP contribution in [0.1, 0.15) is 27.2 Å². The van der Waals surface area contributed by atoms with Crippen molar-refractivity contribution in [2.75, 3.05) is 13.1 Å². The van der Waals surface area contributed by atoms with Crippen LogP contribution in [0, 0.1) is 0 Å². The molecule has 4 N–H and O–H groups in total. The Bertz CT molecular complexity index is 214. The van der Waals surface area contributed by atoms with Crippen molar-refractivity contribution in [2.45, 2.75) is 32.7 Å². The molecule has 0 rings (SSSR count). The number of hydrogen-bond donors (Lipinski definition) is 3. The monoisotopic (exact) mass is 201 g/mol. The van der Waals surface area contributed by atoms with Gasteiger partial charge in [0, 0.05) is 12.0 Å². The first kappa shape index (κ1) is 12.9. The molecular formula is C9H19N3O2. The average molecular weight is 201 g/mol. The highest BCUT2D eigenvalue weighted by Crippen LogP contribution is 2.06. The van der Waals surface area contributed by atoms with Crippen molar-refractivity contribution >= 4 is 11.8 Å². The zero-order valence-corrected chi connectivity index (χ0v) is 9.02. The summed E-state index contributed by atoms with van der Waals surface area (Å²) in [4.78, 5) is 21.9. The van der Waals surface area contributed by atoms with E-state index in [1.54, 1.807) is 13.8 Å². The van der Waals surface area contributed by atoms with Crippen molar-refractivity contribution in [1.82, 2.24) is 10.6 Å². The van der Waals surface area contributed by atoms with Crippen molar-refractivity contribution in [2.24, 2.45) is 5.73 Å². The highest BCUT2D eigenvalue weighted by Gasteiger charge is 2.22. The van der Waals surface area contributed by atoms with E-state index in [1.807, 2.05) is 6.92 Å². The Balaban J connectivity index is 3.95. The summed E-state index contributed by atoms with van der Waals surface area (Å²) in [6, 6.07) is 0. The molecule has 0 aliphatic heterocycles. The third-order valence-electron chi connectivity index (χ3n) is 1.63. The van der Waals surface area contributed by atoms with Crippen molar-refractivity contribution in [3.05, 3.63) is 0 Å². The van der Waals surface area contributed by atoms with Crippen molar-refractivity contribution in [3.8, 4) is 0 Å². The van der Waals surface area contributed by atoms with Gasteiger partial charge < -0.3 is 16.4 Å². The van der Waals surface area contributed by atoms with Crippen molar-refractivity contribution in [1.29, 1.82) is 0 Å². The third-order valence-corrected chi connectivity index (χ3v) is 1.63. The first-order valence-corrected chi connectivity index (χ1v) is 4.67. The quantitative estimate of drug-likeness (QED) is 0.535. The molecule has 0 heterocycles. The second-order valence-corrected chi connectivity index (χ2v) is 3.86. The van der Waals surface area contributed by atoms with Crippen LogP contribution in [0.2, 0.25) is 0 Å². The average Bonchev–Trinajstić information content (AvgIpc) is 1.96. The lowest BCUT2D eigenvalue weighted by atomic mass is 10.0. The van der Waals surface area contributed by atoms with Gasteiger partial charge in [-0.3, -0.25) is 9.59 Å². The van der Waals surface area contributed by atoms with E-state index in [0.717, 1.165) is 6.54 Å². The van der Waals surface area contributed by atoms with Gasteiger partial charge in [-0.1, -0.05) is 6.92 Å². The van der Waals surface area contributed by atoms with Crippen LogP contribution in [0.25, 0.3) is 0 Å². The van der Waals surface area contributed by atoms with E-state index >= 15 is 0 Å². The Labute approximate surface area is 84.4 Å². The zero-order chi connectivity index (χ0) is 11.2. The minimum absolute atomic E-state index is 0.127. The first-order valence-electron chi connectivity index (χ1n) is 4.67. The van der Waals surface area contributed by atoms with Crippen LogP contribution in [0.4, 0.5) is 0 Å². The molecule has 0 unspecified atom stereocenters. The van der Waals surface area contributed by atoms with Gasteiger partial charge in [0.25, 0.3) is 0 Å². The maximum atomic E-state index is 11.3. The number of likely N-dealkylation sites (N-methyl/N-ethyl adjacent to an activating group) is 1. The van der Waals surface area contributed by atoms with Gasteiger partial charge in [0.2, 0.25) is 11.8 Å². The number of nitrogens with one attached hydrogen (secondary N) is 2. The summed E-state index contributed by atoms with van der Waals surface area (Å²) >= 11 is 0. The number of amides is 2. The van der Waals surface area contributed by atoms with Crippen LogP contribution < -0.4 is 16.4 Å². The largest absolute Gasteiger partial charge is 0.370 e. The molecule has 0 atom stereocenters. The Hall–Kier alpha value is -1.10. The van der Waals surface area contributed by atoms with E-state index in [2.05, 4.69) is 10.6 Å². The van der Waals surface area contributed by atoms with Crippen LogP contribution in [0.15, 0.2) is 0 Å². The van der Waals surface area contributed by atoms with Gasteiger partial charge in [-0.2, -0.15) is 0 Å². The van der Waals surface area contributed by atoms with Gasteiger partial charge >= 0.3 is 0 Å². The molecule has 14 heavy (non-hydrogen) atoms. The number of hydrogen-bond acceptors (Lipinski definition) is 3. The molecule has 0 aliphatic carbocycles. The summed E-state index contributed by atoms with van der Waals surface area (Å²) in [5.41, 5.74) is 4.48. The topological polar surface area (TPSA) is 84.2 Å². The zero-order valence-electron chi connectivity index (χ0n) is 9.02. The van der Waals surface area contributed by atoms with Crippen LogP contribution in [0.5, 0.6) is 0 Å². The second kappa shape index (κ2) is 5.59.